The number of alkyl halides is 3. The predicted molar refractivity (Wildman–Crippen MR) is 67.5 cm³/mol. The number of hydrogen-bond donors (Lipinski definition) is 1. The first-order valence-corrected chi connectivity index (χ1v) is 5.91. The summed E-state index contributed by atoms with van der Waals surface area (Å²) in [5.41, 5.74) is 0.463. The van der Waals surface area contributed by atoms with Gasteiger partial charge in [0.1, 0.15) is 0 Å². The van der Waals surface area contributed by atoms with Crippen LogP contribution in [0.1, 0.15) is 31.7 Å². The van der Waals surface area contributed by atoms with Crippen LogP contribution in [-0.4, -0.2) is 12.1 Å². The van der Waals surface area contributed by atoms with Gasteiger partial charge in [0.2, 0.25) is 0 Å². The number of rotatable bonds is 3. The number of para-hydroxylation sites is 1. The molecule has 102 valence electrons. The molecule has 0 radical (unpaired) electrons. The molecule has 0 aliphatic rings. The minimum atomic E-state index is -4.90. The summed E-state index contributed by atoms with van der Waals surface area (Å²) in [5.74, 6) is 3.65. The fraction of sp³-hybridized carbons (Fsp3) is 0.357. The Hall–Kier alpha value is -1.96. The van der Waals surface area contributed by atoms with Gasteiger partial charge in [0.15, 0.2) is 0 Å². The van der Waals surface area contributed by atoms with E-state index in [4.69, 9.17) is 0 Å². The lowest BCUT2D eigenvalue weighted by atomic mass is 10.1. The van der Waals surface area contributed by atoms with Crippen molar-refractivity contribution in [3.63, 3.8) is 0 Å². The van der Waals surface area contributed by atoms with Crippen LogP contribution in [0.4, 0.5) is 18.9 Å². The number of benzene rings is 1. The van der Waals surface area contributed by atoms with E-state index < -0.39 is 12.1 Å². The number of amides is 1. The van der Waals surface area contributed by atoms with E-state index in [2.05, 4.69) is 11.8 Å². The Morgan fingerprint density at radius 3 is 2.63 bits per heavy atom. The summed E-state index contributed by atoms with van der Waals surface area (Å²) in [6.07, 6.45) is -2.29. The van der Waals surface area contributed by atoms with Crippen LogP contribution in [0.15, 0.2) is 24.3 Å². The van der Waals surface area contributed by atoms with Crippen LogP contribution < -0.4 is 5.32 Å². The third-order valence-electron chi connectivity index (χ3n) is 2.31. The minimum Gasteiger partial charge on any atom is -0.317 e. The zero-order valence-electron chi connectivity index (χ0n) is 10.5. The molecule has 0 saturated carbocycles. The first-order valence-electron chi connectivity index (χ1n) is 5.91. The monoisotopic (exact) mass is 269 g/mol. The Bertz CT molecular complexity index is 497. The molecule has 1 rings (SSSR count). The molecule has 0 unspecified atom stereocenters. The Morgan fingerprint density at radius 2 is 2.00 bits per heavy atom. The van der Waals surface area contributed by atoms with E-state index in [1.54, 1.807) is 18.2 Å². The molecule has 0 atom stereocenters. The Balaban J connectivity index is 2.84. The van der Waals surface area contributed by atoms with E-state index in [1.807, 2.05) is 12.2 Å². The van der Waals surface area contributed by atoms with Crippen LogP contribution in [0.2, 0.25) is 0 Å². The summed E-state index contributed by atoms with van der Waals surface area (Å²) in [7, 11) is 0. The molecule has 0 saturated heterocycles. The second kappa shape index (κ2) is 6.83. The lowest BCUT2D eigenvalue weighted by Gasteiger charge is -2.09. The van der Waals surface area contributed by atoms with E-state index >= 15 is 0 Å². The maximum atomic E-state index is 12.2. The van der Waals surface area contributed by atoms with Crippen molar-refractivity contribution in [1.82, 2.24) is 0 Å². The van der Waals surface area contributed by atoms with Gasteiger partial charge in [-0.15, -0.1) is 0 Å². The summed E-state index contributed by atoms with van der Waals surface area (Å²) in [5, 5.41) is 1.82. The van der Waals surface area contributed by atoms with Crippen molar-refractivity contribution in [3.8, 4) is 11.8 Å². The van der Waals surface area contributed by atoms with Gasteiger partial charge in [-0.3, -0.25) is 4.79 Å². The number of carbonyl (C=O) groups excluding carboxylic acids is 1. The first-order chi connectivity index (χ1) is 8.95. The molecule has 1 amide bonds. The normalized spacial score (nSPS) is 10.5. The Morgan fingerprint density at radius 1 is 1.32 bits per heavy atom. The van der Waals surface area contributed by atoms with E-state index in [1.165, 1.54) is 6.07 Å². The van der Waals surface area contributed by atoms with Crippen molar-refractivity contribution in [2.75, 3.05) is 5.32 Å². The highest BCUT2D eigenvalue weighted by Crippen LogP contribution is 2.20. The van der Waals surface area contributed by atoms with Crippen LogP contribution in [0.3, 0.4) is 0 Å². The van der Waals surface area contributed by atoms with E-state index in [-0.39, 0.29) is 5.69 Å². The molecule has 2 nitrogen and oxygen atoms in total. The van der Waals surface area contributed by atoms with Gasteiger partial charge in [-0.05, 0) is 18.6 Å². The van der Waals surface area contributed by atoms with Crippen molar-refractivity contribution in [2.24, 2.45) is 0 Å². The van der Waals surface area contributed by atoms with E-state index in [0.717, 1.165) is 12.8 Å². The number of halogens is 3. The molecule has 0 aromatic heterocycles. The van der Waals surface area contributed by atoms with Crippen LogP contribution >= 0.6 is 0 Å². The summed E-state index contributed by atoms with van der Waals surface area (Å²) < 4.78 is 36.5. The zero-order valence-corrected chi connectivity index (χ0v) is 10.5. The summed E-state index contributed by atoms with van der Waals surface area (Å²) in [4.78, 5) is 10.9. The van der Waals surface area contributed by atoms with Crippen molar-refractivity contribution in [3.05, 3.63) is 29.8 Å². The lowest BCUT2D eigenvalue weighted by molar-refractivity contribution is -0.167. The van der Waals surface area contributed by atoms with Gasteiger partial charge in [-0.25, -0.2) is 0 Å². The van der Waals surface area contributed by atoms with Gasteiger partial charge in [-0.2, -0.15) is 13.2 Å². The van der Waals surface area contributed by atoms with Crippen LogP contribution in [0, 0.1) is 11.8 Å². The van der Waals surface area contributed by atoms with Crippen molar-refractivity contribution in [1.29, 1.82) is 0 Å². The van der Waals surface area contributed by atoms with E-state index in [9.17, 15) is 18.0 Å². The average molecular weight is 269 g/mol. The highest BCUT2D eigenvalue weighted by molar-refractivity contribution is 5.96. The van der Waals surface area contributed by atoms with Crippen molar-refractivity contribution < 1.29 is 18.0 Å². The largest absolute Gasteiger partial charge is 0.471 e. The van der Waals surface area contributed by atoms with Gasteiger partial charge in [0, 0.05) is 12.0 Å². The van der Waals surface area contributed by atoms with E-state index in [0.29, 0.717) is 12.0 Å². The van der Waals surface area contributed by atoms with Crippen molar-refractivity contribution in [2.45, 2.75) is 32.4 Å². The molecular weight excluding hydrogens is 255 g/mol. The second-order valence-electron chi connectivity index (χ2n) is 3.90. The number of carbonyl (C=O) groups is 1. The third-order valence-corrected chi connectivity index (χ3v) is 2.31. The Labute approximate surface area is 110 Å². The number of nitrogens with one attached hydrogen (secondary N) is 1. The molecule has 19 heavy (non-hydrogen) atoms. The second-order valence-corrected chi connectivity index (χ2v) is 3.90. The molecule has 1 aromatic carbocycles. The van der Waals surface area contributed by atoms with Gasteiger partial charge in [0.25, 0.3) is 0 Å². The molecule has 0 heterocycles. The maximum absolute atomic E-state index is 12.2. The highest BCUT2D eigenvalue weighted by atomic mass is 19.4. The van der Waals surface area contributed by atoms with Crippen LogP contribution in [0.25, 0.3) is 0 Å². The predicted octanol–water partition coefficient (Wildman–Crippen LogP) is 3.73. The van der Waals surface area contributed by atoms with Gasteiger partial charge in [-0.1, -0.05) is 37.3 Å². The van der Waals surface area contributed by atoms with Crippen LogP contribution in [-0.2, 0) is 4.79 Å². The molecule has 1 aromatic rings. The Kier molecular flexibility index (Phi) is 5.43. The SMILES string of the molecule is CCCCC#Cc1ccccc1NC(=O)C(F)(F)F. The number of anilines is 1. The summed E-state index contributed by atoms with van der Waals surface area (Å²) in [6, 6.07) is 6.18. The smallest absolute Gasteiger partial charge is 0.317 e. The number of unbranched alkanes of at least 4 members (excludes halogenated alkanes) is 2. The molecule has 1 N–H and O–H groups in total. The zero-order chi connectivity index (χ0) is 14.3. The van der Waals surface area contributed by atoms with Gasteiger partial charge >= 0.3 is 12.1 Å². The molecule has 0 spiro atoms. The highest BCUT2D eigenvalue weighted by Gasteiger charge is 2.38. The minimum absolute atomic E-state index is 0.0776. The van der Waals surface area contributed by atoms with Crippen LogP contribution in [0.5, 0.6) is 0 Å². The molecule has 0 fully saturated rings. The fourth-order valence-corrected chi connectivity index (χ4v) is 1.32. The fourth-order valence-electron chi connectivity index (χ4n) is 1.32. The third kappa shape index (κ3) is 5.04. The maximum Gasteiger partial charge on any atom is 0.471 e. The quantitative estimate of drug-likeness (QED) is 0.657. The topological polar surface area (TPSA) is 29.1 Å². The van der Waals surface area contributed by atoms with Crippen molar-refractivity contribution >= 4 is 11.6 Å². The molecule has 0 bridgehead atoms. The lowest BCUT2D eigenvalue weighted by Crippen LogP contribution is -2.30. The van der Waals surface area contributed by atoms with Gasteiger partial charge < -0.3 is 5.32 Å². The number of hydrogen-bond acceptors (Lipinski definition) is 1. The average Bonchev–Trinajstić information content (AvgIpc) is 2.35. The molecule has 0 aliphatic carbocycles. The standard InChI is InChI=1S/C14H14F3NO/c1-2-3-4-5-8-11-9-6-7-10-12(11)18-13(19)14(15,16)17/h6-7,9-10H,2-4H2,1H3,(H,18,19). The molecule has 0 aliphatic heterocycles. The molecular formula is C14H14F3NO. The molecule has 5 heteroatoms. The first kappa shape index (κ1) is 15.1. The summed E-state index contributed by atoms with van der Waals surface area (Å²) >= 11 is 0. The van der Waals surface area contributed by atoms with Gasteiger partial charge in [0.05, 0.1) is 5.69 Å². The summed E-state index contributed by atoms with van der Waals surface area (Å²) in [6.45, 7) is 2.03.